The van der Waals surface area contributed by atoms with Gasteiger partial charge in [-0.3, -0.25) is 19.6 Å². The maximum Gasteiger partial charge on any atom is 0.339 e. The van der Waals surface area contributed by atoms with Crippen molar-refractivity contribution in [2.45, 2.75) is 0 Å². The molecule has 0 saturated heterocycles. The van der Waals surface area contributed by atoms with Crippen molar-refractivity contribution >= 4 is 17.3 Å². The fraction of sp³-hybridized carbons (Fsp3) is 0.0769. The highest BCUT2D eigenvalue weighted by Gasteiger charge is 2.12. The summed E-state index contributed by atoms with van der Waals surface area (Å²) in [6.45, 7) is 0. The Kier molecular flexibility index (Phi) is 3.98. The standard InChI is InChI=1S/C13H11N3O5/c1-21-12(19)7-4-2-3-5-8(7)14-9-6-10(17)15-13(20)16-11(9)18/h2-6H,1H3,(H3,14,15,16,17,18,20). The van der Waals surface area contributed by atoms with Crippen molar-refractivity contribution in [3.05, 3.63) is 67.1 Å². The van der Waals surface area contributed by atoms with Crippen molar-refractivity contribution in [3.8, 4) is 0 Å². The van der Waals surface area contributed by atoms with Gasteiger partial charge < -0.3 is 10.1 Å². The number of carbonyl (C=O) groups excluding carboxylic acids is 1. The summed E-state index contributed by atoms with van der Waals surface area (Å²) >= 11 is 0. The van der Waals surface area contributed by atoms with Crippen LogP contribution >= 0.6 is 0 Å². The molecule has 8 nitrogen and oxygen atoms in total. The third kappa shape index (κ3) is 3.24. The van der Waals surface area contributed by atoms with Crippen LogP contribution in [0, 0.1) is 0 Å². The Bertz CT molecular complexity index is 853. The number of ether oxygens (including phenoxy) is 1. The van der Waals surface area contributed by atoms with Crippen molar-refractivity contribution in [2.24, 2.45) is 0 Å². The molecule has 0 radical (unpaired) electrons. The van der Waals surface area contributed by atoms with Crippen LogP contribution in [0.15, 0.2) is 44.7 Å². The summed E-state index contributed by atoms with van der Waals surface area (Å²) in [6, 6.07) is 7.21. The van der Waals surface area contributed by atoms with Gasteiger partial charge in [0.2, 0.25) is 0 Å². The lowest BCUT2D eigenvalue weighted by atomic mass is 10.1. The molecule has 0 fully saturated rings. The molecule has 0 aliphatic heterocycles. The van der Waals surface area contributed by atoms with Gasteiger partial charge in [0, 0.05) is 6.07 Å². The number of rotatable bonds is 3. The van der Waals surface area contributed by atoms with E-state index in [1.807, 2.05) is 9.97 Å². The summed E-state index contributed by atoms with van der Waals surface area (Å²) in [5, 5.41) is 2.64. The van der Waals surface area contributed by atoms with E-state index < -0.39 is 22.8 Å². The number of para-hydroxylation sites is 1. The zero-order valence-electron chi connectivity index (χ0n) is 10.9. The molecule has 3 N–H and O–H groups in total. The molecule has 0 amide bonds. The average molecular weight is 289 g/mol. The van der Waals surface area contributed by atoms with E-state index in [9.17, 15) is 19.2 Å². The number of anilines is 2. The topological polar surface area (TPSA) is 121 Å². The van der Waals surface area contributed by atoms with E-state index in [-0.39, 0.29) is 16.9 Å². The summed E-state index contributed by atoms with van der Waals surface area (Å²) in [6.07, 6.45) is 0. The summed E-state index contributed by atoms with van der Waals surface area (Å²) in [5.74, 6) is -0.603. The smallest absolute Gasteiger partial charge is 0.339 e. The Morgan fingerprint density at radius 2 is 1.81 bits per heavy atom. The Morgan fingerprint density at radius 1 is 1.10 bits per heavy atom. The second-order valence-electron chi connectivity index (χ2n) is 3.99. The maximum absolute atomic E-state index is 11.8. The molecular formula is C13H11N3O5. The minimum Gasteiger partial charge on any atom is -0.465 e. The average Bonchev–Trinajstić information content (AvgIpc) is 2.56. The number of aromatic amines is 2. The second-order valence-corrected chi connectivity index (χ2v) is 3.99. The summed E-state index contributed by atoms with van der Waals surface area (Å²) in [5.41, 5.74) is -2.18. The third-order valence-corrected chi connectivity index (χ3v) is 2.59. The third-order valence-electron chi connectivity index (χ3n) is 2.59. The number of carbonyl (C=O) groups is 1. The van der Waals surface area contributed by atoms with Gasteiger partial charge >= 0.3 is 11.7 Å². The fourth-order valence-corrected chi connectivity index (χ4v) is 1.66. The van der Waals surface area contributed by atoms with Crippen LogP contribution in [-0.2, 0) is 4.74 Å². The number of nitrogens with one attached hydrogen (secondary N) is 3. The highest BCUT2D eigenvalue weighted by molar-refractivity contribution is 5.96. The van der Waals surface area contributed by atoms with Gasteiger partial charge in [0.25, 0.3) is 11.1 Å². The summed E-state index contributed by atoms with van der Waals surface area (Å²) in [7, 11) is 1.23. The van der Waals surface area contributed by atoms with E-state index in [1.165, 1.54) is 19.2 Å². The molecule has 8 heteroatoms. The number of hydrogen-bond acceptors (Lipinski definition) is 6. The first-order valence-corrected chi connectivity index (χ1v) is 5.83. The first-order chi connectivity index (χ1) is 10.0. The highest BCUT2D eigenvalue weighted by Crippen LogP contribution is 2.18. The lowest BCUT2D eigenvalue weighted by Gasteiger charge is -2.08. The van der Waals surface area contributed by atoms with E-state index in [1.54, 1.807) is 12.1 Å². The van der Waals surface area contributed by atoms with Crippen LogP contribution in [0.3, 0.4) is 0 Å². The van der Waals surface area contributed by atoms with E-state index in [2.05, 4.69) is 10.1 Å². The quantitative estimate of drug-likeness (QED) is 0.681. The predicted octanol–water partition coefficient (Wildman–Crippen LogP) is -0.0464. The van der Waals surface area contributed by atoms with E-state index in [0.29, 0.717) is 0 Å². The van der Waals surface area contributed by atoms with Crippen molar-refractivity contribution < 1.29 is 9.53 Å². The molecular weight excluding hydrogens is 278 g/mol. The molecule has 0 unspecified atom stereocenters. The first kappa shape index (κ1) is 14.3. The molecule has 0 bridgehead atoms. The number of benzene rings is 1. The SMILES string of the molecule is COC(=O)c1ccccc1Nc1cc(=O)[nH]c(=O)[nH]c1=O. The zero-order valence-corrected chi connectivity index (χ0v) is 10.9. The molecule has 108 valence electrons. The fourth-order valence-electron chi connectivity index (χ4n) is 1.66. The monoisotopic (exact) mass is 289 g/mol. The molecule has 0 aliphatic rings. The molecule has 1 heterocycles. The molecule has 1 aromatic heterocycles. The molecule has 0 aliphatic carbocycles. The molecule has 2 aromatic rings. The van der Waals surface area contributed by atoms with Gasteiger partial charge in [0.05, 0.1) is 18.4 Å². The number of methoxy groups -OCH3 is 1. The van der Waals surface area contributed by atoms with Crippen molar-refractivity contribution in [1.82, 2.24) is 9.97 Å². The van der Waals surface area contributed by atoms with Gasteiger partial charge in [-0.2, -0.15) is 0 Å². The largest absolute Gasteiger partial charge is 0.465 e. The molecule has 2 rings (SSSR count). The van der Waals surface area contributed by atoms with Crippen LogP contribution in [0.5, 0.6) is 0 Å². The molecule has 1 aromatic carbocycles. The van der Waals surface area contributed by atoms with Crippen LogP contribution in [0.2, 0.25) is 0 Å². The number of aromatic nitrogens is 2. The second kappa shape index (κ2) is 5.87. The van der Waals surface area contributed by atoms with Gasteiger partial charge in [-0.25, -0.2) is 9.59 Å². The number of hydrogen-bond donors (Lipinski definition) is 3. The van der Waals surface area contributed by atoms with Crippen molar-refractivity contribution in [1.29, 1.82) is 0 Å². The van der Waals surface area contributed by atoms with Crippen LogP contribution < -0.4 is 22.1 Å². The normalized spacial score (nSPS) is 9.95. The summed E-state index contributed by atoms with van der Waals surface area (Å²) < 4.78 is 4.62. The van der Waals surface area contributed by atoms with Gasteiger partial charge in [-0.15, -0.1) is 0 Å². The minimum absolute atomic E-state index is 0.172. The maximum atomic E-state index is 11.8. The van der Waals surface area contributed by atoms with Crippen molar-refractivity contribution in [3.63, 3.8) is 0 Å². The first-order valence-electron chi connectivity index (χ1n) is 5.83. The number of esters is 1. The van der Waals surface area contributed by atoms with Gasteiger partial charge in [0.15, 0.2) is 0 Å². The van der Waals surface area contributed by atoms with E-state index >= 15 is 0 Å². The lowest BCUT2D eigenvalue weighted by Crippen LogP contribution is -2.20. The van der Waals surface area contributed by atoms with E-state index in [0.717, 1.165) is 6.07 Å². The highest BCUT2D eigenvalue weighted by atomic mass is 16.5. The van der Waals surface area contributed by atoms with Gasteiger partial charge in [-0.1, -0.05) is 12.1 Å². The molecule has 0 atom stereocenters. The molecule has 0 spiro atoms. The Labute approximate surface area is 117 Å². The Hall–Kier alpha value is -3.16. The van der Waals surface area contributed by atoms with Crippen LogP contribution in [0.25, 0.3) is 0 Å². The molecule has 0 saturated carbocycles. The minimum atomic E-state index is -0.917. The van der Waals surface area contributed by atoms with Crippen LogP contribution in [0.4, 0.5) is 11.4 Å². The lowest BCUT2D eigenvalue weighted by molar-refractivity contribution is 0.0602. The Morgan fingerprint density at radius 3 is 2.52 bits per heavy atom. The van der Waals surface area contributed by atoms with E-state index in [4.69, 9.17) is 0 Å². The predicted molar refractivity (Wildman–Crippen MR) is 75.0 cm³/mol. The van der Waals surface area contributed by atoms with Crippen molar-refractivity contribution in [2.75, 3.05) is 12.4 Å². The van der Waals surface area contributed by atoms with Crippen LogP contribution in [-0.4, -0.2) is 23.0 Å². The summed E-state index contributed by atoms with van der Waals surface area (Å²) in [4.78, 5) is 49.8. The number of H-pyrrole nitrogens is 2. The zero-order chi connectivity index (χ0) is 15.4. The van der Waals surface area contributed by atoms with Crippen LogP contribution in [0.1, 0.15) is 10.4 Å². The van der Waals surface area contributed by atoms with Gasteiger partial charge in [-0.05, 0) is 12.1 Å². The molecule has 21 heavy (non-hydrogen) atoms. The van der Waals surface area contributed by atoms with Gasteiger partial charge in [0.1, 0.15) is 5.69 Å². The Balaban J connectivity index is 2.55.